The molecule has 3 aliphatic rings. The SMILES string of the molecule is CC1=C2c3c(-c4ccccc4)cccc3[C@@H]1[Zr+2][C@H]1C(C)=C(c3c(-c4ccccc4)cccc31)[Si]2(C)C.[Cl-].[Cl-]. The molecule has 2 atom stereocenters. The Balaban J connectivity index is 0.00000147. The van der Waals surface area contributed by atoms with Crippen LogP contribution in [0.4, 0.5) is 0 Å². The Bertz CT molecular complexity index is 1480. The van der Waals surface area contributed by atoms with E-state index in [2.05, 4.69) is 124 Å². The number of hydrogen-bond acceptors (Lipinski definition) is 0. The van der Waals surface area contributed by atoms with Crippen LogP contribution in [0.1, 0.15) is 43.4 Å². The predicted octanol–water partition coefficient (Wildman–Crippen LogP) is 3.27. The molecule has 4 bridgehead atoms. The first-order valence-electron chi connectivity index (χ1n) is 13.0. The van der Waals surface area contributed by atoms with Gasteiger partial charge in [-0.3, -0.25) is 0 Å². The molecule has 0 saturated heterocycles. The fourth-order valence-corrected chi connectivity index (χ4v) is 17.2. The van der Waals surface area contributed by atoms with Crippen molar-refractivity contribution < 1.29 is 48.0 Å². The zero-order chi connectivity index (χ0) is 24.6. The Morgan fingerprint density at radius 1 is 0.526 bits per heavy atom. The van der Waals surface area contributed by atoms with E-state index in [9.17, 15) is 0 Å². The molecule has 0 nitrogen and oxygen atoms in total. The minimum absolute atomic E-state index is 0. The second-order valence-corrected chi connectivity index (χ2v) is 19.0. The van der Waals surface area contributed by atoms with Crippen molar-refractivity contribution in [3.63, 3.8) is 0 Å². The Morgan fingerprint density at radius 3 is 1.32 bits per heavy atom. The standard InChI is InChI=1S/C34H30Si.2ClH.Zr/c1-23-21-27-17-11-19-29(25-13-7-5-8-14-25)31(27)33(23)35(3,4)34-24(2)22-28-18-12-20-30(32(28)34)26-15-9-6-10-16-26;;;/h5-22H,1-4H3;2*1H;/q;;;+2/p-2. The van der Waals surface area contributed by atoms with Gasteiger partial charge in [0, 0.05) is 0 Å². The molecule has 0 spiro atoms. The summed E-state index contributed by atoms with van der Waals surface area (Å²) in [5, 5.41) is 3.46. The van der Waals surface area contributed by atoms with Crippen molar-refractivity contribution in [1.29, 1.82) is 0 Å². The zero-order valence-electron chi connectivity index (χ0n) is 22.1. The van der Waals surface area contributed by atoms with Crippen LogP contribution in [0.5, 0.6) is 0 Å². The topological polar surface area (TPSA) is 0 Å². The number of halogens is 2. The molecule has 0 unspecified atom stereocenters. The Hall–Kier alpha value is -1.96. The van der Waals surface area contributed by atoms with Gasteiger partial charge < -0.3 is 24.8 Å². The first-order chi connectivity index (χ1) is 17.5. The van der Waals surface area contributed by atoms with Gasteiger partial charge in [-0.15, -0.1) is 0 Å². The molecular formula is C34H30Cl2SiZr. The maximum Gasteiger partial charge on any atom is -1.00 e. The molecule has 0 fully saturated rings. The molecule has 7 rings (SSSR count). The minimum Gasteiger partial charge on any atom is -1.00 e. The van der Waals surface area contributed by atoms with Crippen LogP contribution < -0.4 is 24.8 Å². The molecular weight excluding hydrogens is 599 g/mol. The molecule has 0 N–H and O–H groups in total. The average Bonchev–Trinajstić information content (AvgIpc) is 3.37. The van der Waals surface area contributed by atoms with Crippen molar-refractivity contribution in [1.82, 2.24) is 0 Å². The van der Waals surface area contributed by atoms with Crippen molar-refractivity contribution in [2.45, 2.75) is 34.2 Å². The third-order valence-electron chi connectivity index (χ3n) is 8.72. The van der Waals surface area contributed by atoms with Gasteiger partial charge in [0.15, 0.2) is 0 Å². The van der Waals surface area contributed by atoms with E-state index in [4.69, 9.17) is 0 Å². The Labute approximate surface area is 251 Å². The maximum atomic E-state index is 2.64. The number of rotatable bonds is 2. The van der Waals surface area contributed by atoms with E-state index in [1.165, 1.54) is 22.3 Å². The van der Waals surface area contributed by atoms with Crippen LogP contribution in [0, 0.1) is 0 Å². The molecule has 1 aliphatic heterocycles. The molecule has 0 saturated carbocycles. The molecule has 0 radical (unpaired) electrons. The van der Waals surface area contributed by atoms with E-state index in [1.807, 2.05) is 0 Å². The van der Waals surface area contributed by atoms with Crippen LogP contribution in [-0.4, -0.2) is 8.07 Å². The summed E-state index contributed by atoms with van der Waals surface area (Å²) in [5.41, 5.74) is 15.5. The first-order valence-corrected chi connectivity index (χ1v) is 18.9. The number of hydrogen-bond donors (Lipinski definition) is 0. The summed E-state index contributed by atoms with van der Waals surface area (Å²) in [4.78, 5) is 0. The van der Waals surface area contributed by atoms with Gasteiger partial charge in [0.05, 0.1) is 0 Å². The van der Waals surface area contributed by atoms with E-state index in [-0.39, 0.29) is 24.8 Å². The monoisotopic (exact) mass is 626 g/mol. The van der Waals surface area contributed by atoms with Crippen LogP contribution in [0.25, 0.3) is 32.6 Å². The van der Waals surface area contributed by atoms with Gasteiger partial charge in [-0.1, -0.05) is 0 Å². The summed E-state index contributed by atoms with van der Waals surface area (Å²) < 4.78 is 1.34. The van der Waals surface area contributed by atoms with Gasteiger partial charge in [-0.25, -0.2) is 0 Å². The quantitative estimate of drug-likeness (QED) is 0.299. The van der Waals surface area contributed by atoms with Crippen molar-refractivity contribution >= 4 is 18.5 Å². The van der Waals surface area contributed by atoms with Crippen LogP contribution in [-0.2, 0) is 23.2 Å². The van der Waals surface area contributed by atoms with E-state index in [0.29, 0.717) is 7.25 Å². The zero-order valence-corrected chi connectivity index (χ0v) is 27.1. The Kier molecular flexibility index (Phi) is 7.42. The van der Waals surface area contributed by atoms with Crippen molar-refractivity contribution in [3.05, 3.63) is 130 Å². The summed E-state index contributed by atoms with van der Waals surface area (Å²) in [6.45, 7) is 10.3. The second-order valence-electron chi connectivity index (χ2n) is 11.0. The van der Waals surface area contributed by atoms with Gasteiger partial charge >= 0.3 is 229 Å². The molecule has 0 aromatic heterocycles. The summed E-state index contributed by atoms with van der Waals surface area (Å²) in [6.07, 6.45) is 0. The third-order valence-corrected chi connectivity index (χ3v) is 17.8. The fraction of sp³-hybridized carbons (Fsp3) is 0.176. The average molecular weight is 629 g/mol. The van der Waals surface area contributed by atoms with Gasteiger partial charge in [0.25, 0.3) is 0 Å². The third kappa shape index (κ3) is 3.87. The van der Waals surface area contributed by atoms with E-state index >= 15 is 0 Å². The van der Waals surface area contributed by atoms with Gasteiger partial charge in [0.2, 0.25) is 0 Å². The van der Waals surface area contributed by atoms with Crippen molar-refractivity contribution in [2.75, 3.05) is 0 Å². The van der Waals surface area contributed by atoms with Crippen LogP contribution in [0.2, 0.25) is 13.1 Å². The van der Waals surface area contributed by atoms with Crippen LogP contribution >= 0.6 is 0 Å². The predicted molar refractivity (Wildman–Crippen MR) is 152 cm³/mol. The second kappa shape index (κ2) is 10.2. The van der Waals surface area contributed by atoms with E-state index < -0.39 is 31.3 Å². The maximum absolute atomic E-state index is 2.64. The summed E-state index contributed by atoms with van der Waals surface area (Å²) in [7, 11) is -2.02. The summed E-state index contributed by atoms with van der Waals surface area (Å²) in [5.74, 6) is 0. The molecule has 0 amide bonds. The van der Waals surface area contributed by atoms with Gasteiger partial charge in [-0.2, -0.15) is 0 Å². The molecule has 4 aromatic carbocycles. The summed E-state index contributed by atoms with van der Waals surface area (Å²) >= 11 is -0.854. The molecule has 188 valence electrons. The normalized spacial score (nSPS) is 19.7. The van der Waals surface area contributed by atoms with Crippen molar-refractivity contribution in [2.24, 2.45) is 0 Å². The number of allylic oxidation sites excluding steroid dienone is 2. The number of benzene rings is 4. The molecule has 4 aromatic rings. The number of fused-ring (bicyclic) bond motifs is 8. The molecule has 2 aliphatic carbocycles. The van der Waals surface area contributed by atoms with E-state index in [1.54, 1.807) is 43.8 Å². The molecule has 38 heavy (non-hydrogen) atoms. The smallest absolute Gasteiger partial charge is 1.00 e. The molecule has 1 heterocycles. The molecule has 4 heteroatoms. The minimum atomic E-state index is -2.02. The summed E-state index contributed by atoms with van der Waals surface area (Å²) in [6, 6.07) is 36.5. The first kappa shape index (κ1) is 27.6. The van der Waals surface area contributed by atoms with Gasteiger partial charge in [0.1, 0.15) is 0 Å². The largest absolute Gasteiger partial charge is 1.00 e. The fourth-order valence-electron chi connectivity index (χ4n) is 7.38. The van der Waals surface area contributed by atoms with Crippen LogP contribution in [0.3, 0.4) is 0 Å². The Morgan fingerprint density at radius 2 is 0.921 bits per heavy atom. The van der Waals surface area contributed by atoms with Crippen molar-refractivity contribution in [3.8, 4) is 22.3 Å². The van der Waals surface area contributed by atoms with E-state index in [0.717, 1.165) is 0 Å². The van der Waals surface area contributed by atoms with Gasteiger partial charge in [-0.05, 0) is 0 Å². The van der Waals surface area contributed by atoms with Crippen LogP contribution in [0.15, 0.2) is 108 Å².